The molecule has 0 aliphatic carbocycles. The van der Waals surface area contributed by atoms with Crippen LogP contribution in [0.1, 0.15) is 27.2 Å². The van der Waals surface area contributed by atoms with Crippen molar-refractivity contribution in [3.63, 3.8) is 0 Å². The lowest BCUT2D eigenvalue weighted by Gasteiger charge is -2.36. The molecular weight excluding hydrogens is 180 g/mol. The van der Waals surface area contributed by atoms with Gasteiger partial charge in [-0.25, -0.2) is 0 Å². The van der Waals surface area contributed by atoms with Crippen molar-refractivity contribution >= 4 is 5.91 Å². The van der Waals surface area contributed by atoms with Crippen molar-refractivity contribution in [1.29, 1.82) is 0 Å². The summed E-state index contributed by atoms with van der Waals surface area (Å²) in [5.41, 5.74) is 5.51. The van der Waals surface area contributed by atoms with Crippen molar-refractivity contribution in [2.45, 2.75) is 38.8 Å². The Bertz CT molecular complexity index is 193. The number of carbonyl (C=O) groups excluding carboxylic acids is 1. The second-order valence-corrected chi connectivity index (χ2v) is 4.13. The summed E-state index contributed by atoms with van der Waals surface area (Å²) in [6.07, 6.45) is 0.898. The zero-order valence-corrected chi connectivity index (χ0v) is 9.83. The summed E-state index contributed by atoms with van der Waals surface area (Å²) in [5, 5.41) is 0. The highest BCUT2D eigenvalue weighted by atomic mass is 16.5. The fraction of sp³-hybridized carbons (Fsp3) is 0.900. The molecule has 1 amide bonds. The van der Waals surface area contributed by atoms with Crippen LogP contribution in [0.2, 0.25) is 0 Å². The van der Waals surface area contributed by atoms with Crippen molar-refractivity contribution in [2.24, 2.45) is 5.73 Å². The van der Waals surface area contributed by atoms with Crippen LogP contribution in [0.3, 0.4) is 0 Å². The number of ether oxygens (including phenoxy) is 1. The third kappa shape index (κ3) is 3.27. The smallest absolute Gasteiger partial charge is 0.242 e. The van der Waals surface area contributed by atoms with E-state index in [1.54, 1.807) is 11.9 Å². The predicted octanol–water partition coefficient (Wildman–Crippen LogP) is 0.607. The average Bonchev–Trinajstić information content (AvgIpc) is 2.15. The van der Waals surface area contributed by atoms with Crippen molar-refractivity contribution < 1.29 is 9.53 Å². The third-order valence-corrected chi connectivity index (χ3v) is 2.77. The quantitative estimate of drug-likeness (QED) is 0.710. The van der Waals surface area contributed by atoms with Gasteiger partial charge in [0.25, 0.3) is 0 Å². The van der Waals surface area contributed by atoms with Gasteiger partial charge in [0, 0.05) is 19.7 Å². The minimum Gasteiger partial charge on any atom is -0.383 e. The second-order valence-electron chi connectivity index (χ2n) is 4.13. The van der Waals surface area contributed by atoms with Crippen LogP contribution >= 0.6 is 0 Å². The number of hydrogen-bond acceptors (Lipinski definition) is 3. The molecule has 0 spiro atoms. The molecule has 0 aromatic carbocycles. The largest absolute Gasteiger partial charge is 0.383 e. The lowest BCUT2D eigenvalue weighted by molar-refractivity contribution is -0.137. The molecule has 0 rings (SSSR count). The van der Waals surface area contributed by atoms with Gasteiger partial charge in [0.1, 0.15) is 6.04 Å². The number of methoxy groups -OCH3 is 1. The molecule has 0 aliphatic heterocycles. The van der Waals surface area contributed by atoms with Crippen molar-refractivity contribution in [2.75, 3.05) is 20.8 Å². The van der Waals surface area contributed by atoms with Gasteiger partial charge in [-0.1, -0.05) is 6.92 Å². The molecule has 4 heteroatoms. The minimum absolute atomic E-state index is 0.0706. The van der Waals surface area contributed by atoms with E-state index in [2.05, 4.69) is 0 Å². The summed E-state index contributed by atoms with van der Waals surface area (Å²) >= 11 is 0. The highest BCUT2D eigenvalue weighted by Crippen LogP contribution is 2.16. The summed E-state index contributed by atoms with van der Waals surface area (Å²) < 4.78 is 4.85. The zero-order valence-electron chi connectivity index (χ0n) is 9.83. The Balaban J connectivity index is 4.38. The first-order valence-electron chi connectivity index (χ1n) is 4.89. The van der Waals surface area contributed by atoms with E-state index in [9.17, 15) is 4.79 Å². The van der Waals surface area contributed by atoms with Crippen LogP contribution in [0.4, 0.5) is 0 Å². The Morgan fingerprint density at radius 1 is 1.57 bits per heavy atom. The number of likely N-dealkylation sites (N-methyl/N-ethyl adjacent to an activating group) is 1. The van der Waals surface area contributed by atoms with Gasteiger partial charge in [0.2, 0.25) is 5.91 Å². The highest BCUT2D eigenvalue weighted by molar-refractivity contribution is 5.82. The summed E-state index contributed by atoms with van der Waals surface area (Å²) in [7, 11) is 3.32. The van der Waals surface area contributed by atoms with E-state index >= 15 is 0 Å². The number of amides is 1. The molecule has 0 saturated carbocycles. The summed E-state index contributed by atoms with van der Waals surface area (Å²) in [5.74, 6) is -0.0706. The lowest BCUT2D eigenvalue weighted by Crippen LogP contribution is -2.52. The predicted molar refractivity (Wildman–Crippen MR) is 57.0 cm³/mol. The van der Waals surface area contributed by atoms with Crippen LogP contribution < -0.4 is 5.73 Å². The number of carbonyl (C=O) groups is 1. The maximum Gasteiger partial charge on any atom is 0.242 e. The van der Waals surface area contributed by atoms with E-state index < -0.39 is 6.04 Å². The number of nitrogens with zero attached hydrogens (tertiary/aromatic N) is 1. The van der Waals surface area contributed by atoms with E-state index in [0.29, 0.717) is 0 Å². The molecule has 0 aliphatic rings. The molecule has 0 fully saturated rings. The third-order valence-electron chi connectivity index (χ3n) is 2.77. The van der Waals surface area contributed by atoms with Crippen LogP contribution in [-0.4, -0.2) is 43.2 Å². The summed E-state index contributed by atoms with van der Waals surface area (Å²) in [4.78, 5) is 13.5. The second kappa shape index (κ2) is 5.32. The maximum absolute atomic E-state index is 11.8. The van der Waals surface area contributed by atoms with E-state index in [1.807, 2.05) is 20.8 Å². The topological polar surface area (TPSA) is 55.6 Å². The van der Waals surface area contributed by atoms with Crippen molar-refractivity contribution in [3.05, 3.63) is 0 Å². The summed E-state index contributed by atoms with van der Waals surface area (Å²) in [6, 6.07) is -0.559. The number of hydrogen-bond donors (Lipinski definition) is 1. The van der Waals surface area contributed by atoms with Gasteiger partial charge in [-0.15, -0.1) is 0 Å². The molecule has 0 radical (unpaired) electrons. The minimum atomic E-state index is -0.559. The first-order valence-corrected chi connectivity index (χ1v) is 4.89. The van der Waals surface area contributed by atoms with Crippen LogP contribution in [0.15, 0.2) is 0 Å². The van der Waals surface area contributed by atoms with Crippen LogP contribution in [0.5, 0.6) is 0 Å². The van der Waals surface area contributed by atoms with Crippen LogP contribution in [0, 0.1) is 0 Å². The molecule has 0 aromatic heterocycles. The number of nitrogens with two attached hydrogens (primary N) is 1. The molecule has 1 atom stereocenters. The standard InChI is InChI=1S/C10H22N2O2/c1-6-10(2,3)12(4)9(13)8(11)7-14-5/h8H,6-7,11H2,1-5H3. The molecule has 1 unspecified atom stereocenters. The molecule has 2 N–H and O–H groups in total. The maximum atomic E-state index is 11.8. The first kappa shape index (κ1) is 13.4. The van der Waals surface area contributed by atoms with E-state index in [1.165, 1.54) is 7.11 Å². The monoisotopic (exact) mass is 202 g/mol. The van der Waals surface area contributed by atoms with Gasteiger partial charge in [0.05, 0.1) is 6.61 Å². The van der Waals surface area contributed by atoms with Crippen LogP contribution in [0.25, 0.3) is 0 Å². The fourth-order valence-electron chi connectivity index (χ4n) is 1.04. The van der Waals surface area contributed by atoms with Gasteiger partial charge in [0.15, 0.2) is 0 Å². The summed E-state index contributed by atoms with van der Waals surface area (Å²) in [6.45, 7) is 6.35. The Labute approximate surface area is 86.4 Å². The SMILES string of the molecule is CCC(C)(C)N(C)C(=O)C(N)COC. The van der Waals surface area contributed by atoms with Gasteiger partial charge in [-0.2, -0.15) is 0 Å². The Morgan fingerprint density at radius 2 is 2.07 bits per heavy atom. The molecule has 0 aromatic rings. The van der Waals surface area contributed by atoms with Gasteiger partial charge in [-0.05, 0) is 20.3 Å². The first-order chi connectivity index (χ1) is 6.36. The average molecular weight is 202 g/mol. The molecular formula is C10H22N2O2. The Morgan fingerprint density at radius 3 is 2.43 bits per heavy atom. The normalized spacial score (nSPS) is 13.9. The van der Waals surface area contributed by atoms with Gasteiger partial charge in [-0.3, -0.25) is 4.79 Å². The van der Waals surface area contributed by atoms with Gasteiger partial charge >= 0.3 is 0 Å². The van der Waals surface area contributed by atoms with Gasteiger partial charge < -0.3 is 15.4 Å². The van der Waals surface area contributed by atoms with Crippen LogP contribution in [-0.2, 0) is 9.53 Å². The Hall–Kier alpha value is -0.610. The van der Waals surface area contributed by atoms with E-state index in [-0.39, 0.29) is 18.1 Å². The zero-order chi connectivity index (χ0) is 11.4. The molecule has 0 saturated heterocycles. The Kier molecular flexibility index (Phi) is 5.08. The molecule has 0 bridgehead atoms. The highest BCUT2D eigenvalue weighted by Gasteiger charge is 2.28. The fourth-order valence-corrected chi connectivity index (χ4v) is 1.04. The lowest BCUT2D eigenvalue weighted by atomic mass is 9.99. The van der Waals surface area contributed by atoms with E-state index in [4.69, 9.17) is 10.5 Å². The molecule has 0 heterocycles. The van der Waals surface area contributed by atoms with Crippen molar-refractivity contribution in [1.82, 2.24) is 4.90 Å². The van der Waals surface area contributed by atoms with E-state index in [0.717, 1.165) is 6.42 Å². The van der Waals surface area contributed by atoms with Crippen molar-refractivity contribution in [3.8, 4) is 0 Å². The molecule has 84 valence electrons. The molecule has 4 nitrogen and oxygen atoms in total. The number of rotatable bonds is 5. The molecule has 14 heavy (non-hydrogen) atoms.